The number of halogens is 1. The van der Waals surface area contributed by atoms with Crippen molar-refractivity contribution in [3.8, 4) is 5.75 Å². The van der Waals surface area contributed by atoms with Gasteiger partial charge < -0.3 is 10.0 Å². The van der Waals surface area contributed by atoms with Crippen LogP contribution in [0, 0.1) is 0 Å². The lowest BCUT2D eigenvalue weighted by Gasteiger charge is -2.34. The molecule has 0 fully saturated rings. The first kappa shape index (κ1) is 13.0. The van der Waals surface area contributed by atoms with Gasteiger partial charge in [-0.3, -0.25) is 4.79 Å². The quantitative estimate of drug-likeness (QED) is 0.868. The van der Waals surface area contributed by atoms with Crippen molar-refractivity contribution in [1.29, 1.82) is 0 Å². The summed E-state index contributed by atoms with van der Waals surface area (Å²) in [5, 5.41) is 9.86. The Hall–Kier alpha value is -1.03. The van der Waals surface area contributed by atoms with Gasteiger partial charge in [0.1, 0.15) is 5.75 Å². The van der Waals surface area contributed by atoms with Crippen LogP contribution < -0.4 is 0 Å². The van der Waals surface area contributed by atoms with Crippen molar-refractivity contribution in [2.75, 3.05) is 12.4 Å². The molecule has 1 amide bonds. The molecule has 1 aromatic carbocycles. The molecule has 16 heavy (non-hydrogen) atoms. The molecule has 3 nitrogen and oxygen atoms in total. The molecule has 0 spiro atoms. The van der Waals surface area contributed by atoms with Gasteiger partial charge in [-0.1, -0.05) is 15.9 Å². The number of amides is 1. The lowest BCUT2D eigenvalue weighted by atomic mass is 10.1. The number of phenolic OH excluding ortho intramolecular Hbond substituents is 1. The summed E-state index contributed by atoms with van der Waals surface area (Å²) >= 11 is 3.39. The predicted octanol–water partition coefficient (Wildman–Crippen LogP) is 2.64. The first-order valence-electron chi connectivity index (χ1n) is 5.01. The molecule has 88 valence electrons. The highest BCUT2D eigenvalue weighted by Gasteiger charge is 2.26. The van der Waals surface area contributed by atoms with Crippen LogP contribution in [0.2, 0.25) is 0 Å². The van der Waals surface area contributed by atoms with E-state index in [0.717, 1.165) is 0 Å². The molecule has 1 rings (SSSR count). The summed E-state index contributed by atoms with van der Waals surface area (Å²) in [4.78, 5) is 13.8. The zero-order valence-corrected chi connectivity index (χ0v) is 11.3. The van der Waals surface area contributed by atoms with Crippen molar-refractivity contribution in [3.63, 3.8) is 0 Å². The summed E-state index contributed by atoms with van der Waals surface area (Å²) in [6, 6.07) is 6.28. The van der Waals surface area contributed by atoms with Gasteiger partial charge in [0.2, 0.25) is 0 Å². The number of hydrogen-bond acceptors (Lipinski definition) is 2. The van der Waals surface area contributed by atoms with Crippen molar-refractivity contribution >= 4 is 21.8 Å². The van der Waals surface area contributed by atoms with Crippen LogP contribution in [0.25, 0.3) is 0 Å². The maximum absolute atomic E-state index is 12.1. The zero-order valence-electron chi connectivity index (χ0n) is 9.70. The number of benzene rings is 1. The number of carbonyl (C=O) groups is 1. The smallest absolute Gasteiger partial charge is 0.254 e. The lowest BCUT2D eigenvalue weighted by molar-refractivity contribution is 0.0663. The highest BCUT2D eigenvalue weighted by molar-refractivity contribution is 9.09. The summed E-state index contributed by atoms with van der Waals surface area (Å²) in [5.74, 6) is 0.114. The number of aromatic hydroxyl groups is 1. The molecule has 0 atom stereocenters. The SMILES string of the molecule is CN(C(=O)c1ccc(O)cc1)C(C)(C)CBr. The van der Waals surface area contributed by atoms with E-state index in [4.69, 9.17) is 5.11 Å². The van der Waals surface area contributed by atoms with Crippen molar-refractivity contribution in [2.45, 2.75) is 19.4 Å². The minimum atomic E-state index is -0.241. The zero-order chi connectivity index (χ0) is 12.3. The van der Waals surface area contributed by atoms with Crippen LogP contribution in [0.15, 0.2) is 24.3 Å². The minimum absolute atomic E-state index is 0.0514. The molecular weight excluding hydrogens is 270 g/mol. The lowest BCUT2D eigenvalue weighted by Crippen LogP contribution is -2.46. The third-order valence-corrected chi connectivity index (χ3v) is 4.03. The van der Waals surface area contributed by atoms with Crippen LogP contribution >= 0.6 is 15.9 Å². The van der Waals surface area contributed by atoms with Crippen LogP contribution in [-0.4, -0.2) is 33.8 Å². The van der Waals surface area contributed by atoms with E-state index in [1.165, 1.54) is 12.1 Å². The normalized spacial score (nSPS) is 11.2. The second-order valence-corrected chi connectivity index (χ2v) is 4.92. The fraction of sp³-hybridized carbons (Fsp3) is 0.417. The Balaban J connectivity index is 2.90. The second kappa shape index (κ2) is 4.87. The van der Waals surface area contributed by atoms with Crippen LogP contribution in [0.1, 0.15) is 24.2 Å². The van der Waals surface area contributed by atoms with Crippen LogP contribution in [-0.2, 0) is 0 Å². The minimum Gasteiger partial charge on any atom is -0.508 e. The molecule has 0 heterocycles. The van der Waals surface area contributed by atoms with E-state index in [0.29, 0.717) is 10.9 Å². The van der Waals surface area contributed by atoms with Gasteiger partial charge in [-0.05, 0) is 38.1 Å². The summed E-state index contributed by atoms with van der Waals surface area (Å²) in [7, 11) is 1.77. The average molecular weight is 286 g/mol. The molecule has 0 aliphatic rings. The Morgan fingerprint density at radius 1 is 1.38 bits per heavy atom. The second-order valence-electron chi connectivity index (χ2n) is 4.36. The molecule has 1 N–H and O–H groups in total. The summed E-state index contributed by atoms with van der Waals surface area (Å²) in [5.41, 5.74) is 0.337. The Kier molecular flexibility index (Phi) is 3.97. The van der Waals surface area contributed by atoms with Gasteiger partial charge in [0, 0.05) is 23.5 Å². The average Bonchev–Trinajstić information content (AvgIpc) is 2.28. The standard InChI is InChI=1S/C12H16BrNO2/c1-12(2,8-13)14(3)11(16)9-4-6-10(15)7-5-9/h4-7,15H,8H2,1-3H3. The van der Waals surface area contributed by atoms with Gasteiger partial charge >= 0.3 is 0 Å². The molecule has 4 heteroatoms. The van der Waals surface area contributed by atoms with E-state index in [1.807, 2.05) is 13.8 Å². The van der Waals surface area contributed by atoms with Crippen molar-refractivity contribution in [1.82, 2.24) is 4.90 Å². The number of phenols is 1. The molecule has 0 aromatic heterocycles. The Morgan fingerprint density at radius 2 is 1.88 bits per heavy atom. The summed E-state index contributed by atoms with van der Waals surface area (Å²) < 4.78 is 0. The molecule has 0 saturated carbocycles. The fourth-order valence-corrected chi connectivity index (χ4v) is 1.54. The maximum Gasteiger partial charge on any atom is 0.254 e. The molecule has 0 radical (unpaired) electrons. The van der Waals surface area contributed by atoms with Gasteiger partial charge in [-0.25, -0.2) is 0 Å². The van der Waals surface area contributed by atoms with Gasteiger partial charge in [0.15, 0.2) is 0 Å². The first-order chi connectivity index (χ1) is 7.38. The van der Waals surface area contributed by atoms with E-state index < -0.39 is 0 Å². The number of rotatable bonds is 3. The van der Waals surface area contributed by atoms with Crippen molar-refractivity contribution in [3.05, 3.63) is 29.8 Å². The highest BCUT2D eigenvalue weighted by Crippen LogP contribution is 2.19. The molecule has 1 aromatic rings. The fourth-order valence-electron chi connectivity index (χ4n) is 1.16. The third-order valence-electron chi connectivity index (χ3n) is 2.65. The van der Waals surface area contributed by atoms with Gasteiger partial charge in [0.25, 0.3) is 5.91 Å². The van der Waals surface area contributed by atoms with E-state index in [-0.39, 0.29) is 17.2 Å². The number of alkyl halides is 1. The van der Waals surface area contributed by atoms with Gasteiger partial charge in [-0.2, -0.15) is 0 Å². The van der Waals surface area contributed by atoms with Crippen LogP contribution in [0.3, 0.4) is 0 Å². The molecule has 0 saturated heterocycles. The van der Waals surface area contributed by atoms with E-state index >= 15 is 0 Å². The van der Waals surface area contributed by atoms with Crippen LogP contribution in [0.4, 0.5) is 0 Å². The largest absolute Gasteiger partial charge is 0.508 e. The van der Waals surface area contributed by atoms with Crippen molar-refractivity contribution < 1.29 is 9.90 Å². The Labute approximate surface area is 104 Å². The van der Waals surface area contributed by atoms with Gasteiger partial charge in [-0.15, -0.1) is 0 Å². The number of hydrogen-bond donors (Lipinski definition) is 1. The first-order valence-corrected chi connectivity index (χ1v) is 6.14. The molecule has 0 aliphatic heterocycles. The topological polar surface area (TPSA) is 40.5 Å². The van der Waals surface area contributed by atoms with E-state index in [2.05, 4.69) is 15.9 Å². The van der Waals surface area contributed by atoms with Crippen molar-refractivity contribution in [2.24, 2.45) is 0 Å². The molecule has 0 aliphatic carbocycles. The maximum atomic E-state index is 12.1. The van der Waals surface area contributed by atoms with Crippen LogP contribution in [0.5, 0.6) is 5.75 Å². The molecule has 0 unspecified atom stereocenters. The number of carbonyl (C=O) groups excluding carboxylic acids is 1. The summed E-state index contributed by atoms with van der Waals surface area (Å²) in [6.45, 7) is 3.97. The highest BCUT2D eigenvalue weighted by atomic mass is 79.9. The van der Waals surface area contributed by atoms with E-state index in [9.17, 15) is 4.79 Å². The molecule has 0 bridgehead atoms. The Morgan fingerprint density at radius 3 is 2.31 bits per heavy atom. The number of nitrogens with zero attached hydrogens (tertiary/aromatic N) is 1. The van der Waals surface area contributed by atoms with E-state index in [1.54, 1.807) is 24.1 Å². The third kappa shape index (κ3) is 2.76. The monoisotopic (exact) mass is 285 g/mol. The molecular formula is C12H16BrNO2. The Bertz CT molecular complexity index is 373. The predicted molar refractivity (Wildman–Crippen MR) is 68.1 cm³/mol. The summed E-state index contributed by atoms with van der Waals surface area (Å²) in [6.07, 6.45) is 0. The van der Waals surface area contributed by atoms with Gasteiger partial charge in [0.05, 0.1) is 0 Å².